The smallest absolute Gasteiger partial charge is 0.191 e. The van der Waals surface area contributed by atoms with Crippen LogP contribution in [0.2, 0.25) is 0 Å². The second-order valence-corrected chi connectivity index (χ2v) is 9.10. The third-order valence-corrected chi connectivity index (χ3v) is 6.61. The van der Waals surface area contributed by atoms with E-state index >= 15 is 0 Å². The van der Waals surface area contributed by atoms with Gasteiger partial charge in [0.1, 0.15) is 11.6 Å². The third-order valence-electron chi connectivity index (χ3n) is 5.60. The highest BCUT2D eigenvalue weighted by atomic mass is 32.2. The summed E-state index contributed by atoms with van der Waals surface area (Å²) in [5.41, 5.74) is 3.68. The van der Waals surface area contributed by atoms with Gasteiger partial charge in [0.25, 0.3) is 0 Å². The molecule has 1 aliphatic heterocycles. The van der Waals surface area contributed by atoms with E-state index in [1.165, 1.54) is 23.3 Å². The fourth-order valence-corrected chi connectivity index (χ4v) is 4.87. The average molecular weight is 441 g/mol. The molecule has 164 valence electrons. The van der Waals surface area contributed by atoms with Crippen molar-refractivity contribution < 1.29 is 9.13 Å². The van der Waals surface area contributed by atoms with Crippen LogP contribution in [0.15, 0.2) is 53.7 Å². The average Bonchev–Trinajstić information content (AvgIpc) is 3.40. The maximum Gasteiger partial charge on any atom is 0.191 e. The third kappa shape index (κ3) is 5.93. The molecule has 4 rings (SSSR count). The van der Waals surface area contributed by atoms with E-state index in [0.29, 0.717) is 6.54 Å². The fourth-order valence-electron chi connectivity index (χ4n) is 3.83. The maximum atomic E-state index is 13.2. The molecular weight excluding hydrogens is 411 g/mol. The number of hydrogen-bond donors (Lipinski definition) is 0. The van der Waals surface area contributed by atoms with Crippen LogP contribution in [0.4, 0.5) is 4.39 Å². The molecule has 0 spiro atoms. The first kappa shape index (κ1) is 22.0. The van der Waals surface area contributed by atoms with E-state index in [4.69, 9.17) is 4.74 Å². The van der Waals surface area contributed by atoms with E-state index in [9.17, 15) is 4.39 Å². The first-order valence-corrected chi connectivity index (χ1v) is 11.7. The fraction of sp³-hybridized carbons (Fsp3) is 0.417. The molecule has 0 saturated carbocycles. The zero-order valence-electron chi connectivity index (χ0n) is 18.1. The van der Waals surface area contributed by atoms with Gasteiger partial charge in [-0.25, -0.2) is 4.39 Å². The molecule has 2 aromatic carbocycles. The lowest BCUT2D eigenvalue weighted by Crippen LogP contribution is -2.23. The van der Waals surface area contributed by atoms with E-state index in [1.807, 2.05) is 12.1 Å². The summed E-state index contributed by atoms with van der Waals surface area (Å²) in [6, 6.07) is 15.1. The van der Waals surface area contributed by atoms with E-state index in [0.717, 1.165) is 54.8 Å². The number of rotatable bonds is 9. The molecule has 1 aromatic heterocycles. The Bertz CT molecular complexity index is 985. The molecule has 5 nitrogen and oxygen atoms in total. The van der Waals surface area contributed by atoms with Gasteiger partial charge in [-0.1, -0.05) is 48.2 Å². The van der Waals surface area contributed by atoms with Gasteiger partial charge in [-0.3, -0.25) is 4.90 Å². The number of thioether (sulfide) groups is 1. The van der Waals surface area contributed by atoms with E-state index in [-0.39, 0.29) is 11.9 Å². The van der Waals surface area contributed by atoms with Crippen molar-refractivity contribution >= 4 is 11.8 Å². The molecule has 7 heteroatoms. The zero-order valence-corrected chi connectivity index (χ0v) is 18.9. The normalized spacial score (nSPS) is 16.3. The molecule has 1 atom stereocenters. The van der Waals surface area contributed by atoms with Crippen molar-refractivity contribution in [3.63, 3.8) is 0 Å². The number of nitrogens with zero attached hydrogens (tertiary/aromatic N) is 4. The van der Waals surface area contributed by atoms with Crippen LogP contribution in [0.5, 0.6) is 0 Å². The van der Waals surface area contributed by atoms with Crippen LogP contribution in [0.25, 0.3) is 0 Å². The largest absolute Gasteiger partial charge is 0.376 e. The minimum Gasteiger partial charge on any atom is -0.376 e. The predicted octanol–water partition coefficient (Wildman–Crippen LogP) is 4.83. The van der Waals surface area contributed by atoms with Crippen LogP contribution in [0, 0.1) is 12.7 Å². The van der Waals surface area contributed by atoms with Crippen molar-refractivity contribution in [1.82, 2.24) is 19.7 Å². The highest BCUT2D eigenvalue weighted by Gasteiger charge is 2.22. The van der Waals surface area contributed by atoms with Gasteiger partial charge in [-0.15, -0.1) is 10.2 Å². The van der Waals surface area contributed by atoms with Crippen LogP contribution < -0.4 is 0 Å². The topological polar surface area (TPSA) is 43.2 Å². The van der Waals surface area contributed by atoms with E-state index in [1.54, 1.807) is 11.8 Å². The summed E-state index contributed by atoms with van der Waals surface area (Å²) in [5, 5.41) is 9.98. The van der Waals surface area contributed by atoms with Crippen molar-refractivity contribution in [3.05, 3.63) is 76.9 Å². The lowest BCUT2D eigenvalue weighted by molar-refractivity contribution is 0.0934. The minimum absolute atomic E-state index is 0.210. The number of ether oxygens (including phenoxy) is 1. The second kappa shape index (κ2) is 10.4. The monoisotopic (exact) mass is 440 g/mol. The SMILES string of the molecule is Cc1ccccc1CSc1nnc(CN(C)Cc2ccc(F)cc2)n1C[C@H]1CCCO1. The Kier molecular flexibility index (Phi) is 7.37. The van der Waals surface area contributed by atoms with Crippen LogP contribution in [0.3, 0.4) is 0 Å². The molecule has 31 heavy (non-hydrogen) atoms. The molecule has 0 aliphatic carbocycles. The van der Waals surface area contributed by atoms with Gasteiger partial charge in [0.2, 0.25) is 0 Å². The number of aryl methyl sites for hydroxylation is 1. The summed E-state index contributed by atoms with van der Waals surface area (Å²) in [5.74, 6) is 1.59. The second-order valence-electron chi connectivity index (χ2n) is 8.16. The molecule has 0 N–H and O–H groups in total. The first-order valence-electron chi connectivity index (χ1n) is 10.7. The zero-order chi connectivity index (χ0) is 21.6. The van der Waals surface area contributed by atoms with Crippen molar-refractivity contribution in [2.75, 3.05) is 13.7 Å². The Balaban J connectivity index is 1.47. The number of halogens is 1. The quantitative estimate of drug-likeness (QED) is 0.446. The van der Waals surface area contributed by atoms with Crippen LogP contribution in [-0.4, -0.2) is 39.4 Å². The summed E-state index contributed by atoms with van der Waals surface area (Å²) < 4.78 is 21.3. The molecule has 1 aliphatic rings. The highest BCUT2D eigenvalue weighted by Crippen LogP contribution is 2.26. The van der Waals surface area contributed by atoms with Crippen molar-refractivity contribution in [2.24, 2.45) is 0 Å². The summed E-state index contributed by atoms with van der Waals surface area (Å²) in [6.45, 7) is 5.14. The summed E-state index contributed by atoms with van der Waals surface area (Å²) in [4.78, 5) is 2.18. The maximum absolute atomic E-state index is 13.2. The number of hydrogen-bond acceptors (Lipinski definition) is 5. The number of aromatic nitrogens is 3. The summed E-state index contributed by atoms with van der Waals surface area (Å²) in [7, 11) is 2.05. The van der Waals surface area contributed by atoms with Gasteiger partial charge in [-0.2, -0.15) is 0 Å². The summed E-state index contributed by atoms with van der Waals surface area (Å²) in [6.07, 6.45) is 2.40. The van der Waals surface area contributed by atoms with Crippen LogP contribution in [0.1, 0.15) is 35.4 Å². The van der Waals surface area contributed by atoms with Crippen molar-refractivity contribution in [1.29, 1.82) is 0 Å². The Hall–Kier alpha value is -2.22. The number of benzene rings is 2. The van der Waals surface area contributed by atoms with Crippen molar-refractivity contribution in [2.45, 2.75) is 56.4 Å². The first-order chi connectivity index (χ1) is 15.1. The minimum atomic E-state index is -0.210. The van der Waals surface area contributed by atoms with E-state index < -0.39 is 0 Å². The molecule has 2 heterocycles. The molecular formula is C24H29FN4OS. The van der Waals surface area contributed by atoms with Crippen LogP contribution in [-0.2, 0) is 30.1 Å². The molecule has 0 amide bonds. The standard InChI is InChI=1S/C24H29FN4OS/c1-18-6-3-4-7-20(18)17-31-24-27-26-23(29(24)15-22-8-5-13-30-22)16-28(2)14-19-9-11-21(25)12-10-19/h3-4,6-7,9-12,22H,5,8,13-17H2,1-2H3/t22-/m1/s1. The molecule has 3 aromatic rings. The Labute approximate surface area is 187 Å². The molecule has 0 bridgehead atoms. The molecule has 0 radical (unpaired) electrons. The Morgan fingerprint density at radius 1 is 1.13 bits per heavy atom. The lowest BCUT2D eigenvalue weighted by atomic mass is 10.1. The van der Waals surface area contributed by atoms with Crippen molar-refractivity contribution in [3.8, 4) is 0 Å². The van der Waals surface area contributed by atoms with Gasteiger partial charge >= 0.3 is 0 Å². The van der Waals surface area contributed by atoms with Gasteiger partial charge in [0, 0.05) is 18.9 Å². The van der Waals surface area contributed by atoms with Gasteiger partial charge in [0.15, 0.2) is 5.16 Å². The predicted molar refractivity (Wildman–Crippen MR) is 121 cm³/mol. The van der Waals surface area contributed by atoms with E-state index in [2.05, 4.69) is 57.9 Å². The Morgan fingerprint density at radius 2 is 1.94 bits per heavy atom. The molecule has 0 unspecified atom stereocenters. The van der Waals surface area contributed by atoms with Crippen LogP contribution >= 0.6 is 11.8 Å². The highest BCUT2D eigenvalue weighted by molar-refractivity contribution is 7.98. The van der Waals surface area contributed by atoms with Gasteiger partial charge in [-0.05, 0) is 55.6 Å². The van der Waals surface area contributed by atoms with Gasteiger partial charge in [0.05, 0.1) is 19.2 Å². The van der Waals surface area contributed by atoms with Gasteiger partial charge < -0.3 is 9.30 Å². The molecule has 1 saturated heterocycles. The Morgan fingerprint density at radius 3 is 2.68 bits per heavy atom. The molecule has 1 fully saturated rings. The summed E-state index contributed by atoms with van der Waals surface area (Å²) >= 11 is 1.72. The lowest BCUT2D eigenvalue weighted by Gasteiger charge is -2.19.